The number of hydrogen-bond donors (Lipinski definition) is 0. The van der Waals surface area contributed by atoms with Crippen LogP contribution in [0, 0.1) is 0 Å². The molecule has 3 rings (SSSR count). The zero-order valence-electron chi connectivity index (χ0n) is 11.1. The zero-order valence-corrected chi connectivity index (χ0v) is 12.7. The van der Waals surface area contributed by atoms with Crippen LogP contribution < -0.4 is 0 Å². The monoisotopic (exact) mass is 313 g/mol. The highest BCUT2D eigenvalue weighted by atomic mass is 35.5. The molecule has 0 aliphatic heterocycles. The number of pyridine rings is 1. The fourth-order valence-corrected chi connectivity index (χ4v) is 2.69. The van der Waals surface area contributed by atoms with Crippen LogP contribution in [0.25, 0.3) is 11.3 Å². The van der Waals surface area contributed by atoms with Crippen LogP contribution in [0.1, 0.15) is 5.56 Å². The molecule has 0 saturated carbocycles. The molecule has 0 aliphatic carbocycles. The highest BCUT2D eigenvalue weighted by Crippen LogP contribution is 2.23. The van der Waals surface area contributed by atoms with Crippen molar-refractivity contribution < 1.29 is 0 Å². The number of benzene rings is 1. The number of aromatic nitrogens is 3. The lowest BCUT2D eigenvalue weighted by atomic mass is 10.1. The molecule has 21 heavy (non-hydrogen) atoms. The van der Waals surface area contributed by atoms with Gasteiger partial charge in [-0.05, 0) is 35.9 Å². The van der Waals surface area contributed by atoms with Gasteiger partial charge in [-0.1, -0.05) is 41.6 Å². The average molecular weight is 314 g/mol. The van der Waals surface area contributed by atoms with E-state index in [1.54, 1.807) is 18.0 Å². The Morgan fingerprint density at radius 1 is 0.952 bits per heavy atom. The van der Waals surface area contributed by atoms with Crippen molar-refractivity contribution in [2.45, 2.75) is 10.8 Å². The summed E-state index contributed by atoms with van der Waals surface area (Å²) in [5.74, 6) is 0.836. The highest BCUT2D eigenvalue weighted by molar-refractivity contribution is 7.98. The van der Waals surface area contributed by atoms with Crippen LogP contribution in [0.3, 0.4) is 0 Å². The number of halogens is 1. The second-order valence-electron chi connectivity index (χ2n) is 4.41. The van der Waals surface area contributed by atoms with E-state index < -0.39 is 0 Å². The van der Waals surface area contributed by atoms with E-state index in [-0.39, 0.29) is 0 Å². The quantitative estimate of drug-likeness (QED) is 0.665. The molecule has 104 valence electrons. The first-order valence-corrected chi connectivity index (χ1v) is 7.79. The van der Waals surface area contributed by atoms with E-state index in [4.69, 9.17) is 11.6 Å². The van der Waals surface area contributed by atoms with E-state index in [1.165, 1.54) is 5.56 Å². The summed E-state index contributed by atoms with van der Waals surface area (Å²) in [6.07, 6.45) is 3.64. The van der Waals surface area contributed by atoms with Crippen molar-refractivity contribution in [3.8, 4) is 11.3 Å². The molecule has 0 aliphatic rings. The van der Waals surface area contributed by atoms with Crippen molar-refractivity contribution in [2.24, 2.45) is 0 Å². The van der Waals surface area contributed by atoms with Crippen molar-refractivity contribution in [3.63, 3.8) is 0 Å². The summed E-state index contributed by atoms with van der Waals surface area (Å²) in [6, 6.07) is 15.5. The number of nitrogens with zero attached hydrogens (tertiary/aromatic N) is 3. The molecule has 0 bridgehead atoms. The van der Waals surface area contributed by atoms with Gasteiger partial charge in [-0.15, -0.1) is 10.2 Å². The third-order valence-electron chi connectivity index (χ3n) is 2.89. The molecule has 0 atom stereocenters. The maximum absolute atomic E-state index is 5.88. The van der Waals surface area contributed by atoms with Gasteiger partial charge >= 0.3 is 0 Å². The highest BCUT2D eigenvalue weighted by Gasteiger charge is 2.02. The van der Waals surface area contributed by atoms with Crippen LogP contribution in [0.15, 0.2) is 66.0 Å². The van der Waals surface area contributed by atoms with Crippen LogP contribution in [0.4, 0.5) is 0 Å². The van der Waals surface area contributed by atoms with Crippen LogP contribution in [0.2, 0.25) is 5.02 Å². The molecule has 0 radical (unpaired) electrons. The molecule has 0 N–H and O–H groups in total. The molecule has 1 aromatic carbocycles. The lowest BCUT2D eigenvalue weighted by molar-refractivity contribution is 0.935. The predicted molar refractivity (Wildman–Crippen MR) is 86.3 cm³/mol. The second-order valence-corrected chi connectivity index (χ2v) is 5.85. The fourth-order valence-electron chi connectivity index (χ4n) is 1.81. The first-order chi connectivity index (χ1) is 10.3. The van der Waals surface area contributed by atoms with Gasteiger partial charge in [0, 0.05) is 28.7 Å². The Bertz CT molecular complexity index is 700. The molecule has 2 heterocycles. The molecule has 0 unspecified atom stereocenters. The number of thioether (sulfide) groups is 1. The minimum absolute atomic E-state index is 0.718. The molecule has 0 fully saturated rings. The lowest BCUT2D eigenvalue weighted by Gasteiger charge is -2.03. The first-order valence-electron chi connectivity index (χ1n) is 6.43. The van der Waals surface area contributed by atoms with Gasteiger partial charge in [0.2, 0.25) is 0 Å². The minimum atomic E-state index is 0.718. The first kappa shape index (κ1) is 14.0. The van der Waals surface area contributed by atoms with E-state index in [1.807, 2.05) is 48.7 Å². The Kier molecular flexibility index (Phi) is 4.48. The Morgan fingerprint density at radius 2 is 1.81 bits per heavy atom. The summed E-state index contributed by atoms with van der Waals surface area (Å²) in [4.78, 5) is 4.10. The van der Waals surface area contributed by atoms with Crippen molar-refractivity contribution in [2.75, 3.05) is 0 Å². The molecule has 0 saturated heterocycles. The van der Waals surface area contributed by atoms with E-state index in [2.05, 4.69) is 21.2 Å². The molecule has 5 heteroatoms. The fraction of sp³-hybridized carbons (Fsp3) is 0.0625. The molecular formula is C16H12ClN3S. The smallest absolute Gasteiger partial charge is 0.119 e. The Morgan fingerprint density at radius 3 is 2.48 bits per heavy atom. The van der Waals surface area contributed by atoms with Crippen molar-refractivity contribution in [1.29, 1.82) is 0 Å². The summed E-state index contributed by atoms with van der Waals surface area (Å²) in [7, 11) is 0. The van der Waals surface area contributed by atoms with Crippen LogP contribution in [0.5, 0.6) is 0 Å². The van der Waals surface area contributed by atoms with E-state index in [0.29, 0.717) is 0 Å². The summed E-state index contributed by atoms with van der Waals surface area (Å²) in [6.45, 7) is 0. The van der Waals surface area contributed by atoms with Crippen LogP contribution in [-0.2, 0) is 5.75 Å². The van der Waals surface area contributed by atoms with Crippen molar-refractivity contribution >= 4 is 23.4 Å². The van der Waals surface area contributed by atoms with Gasteiger partial charge in [0.25, 0.3) is 0 Å². The lowest BCUT2D eigenvalue weighted by Crippen LogP contribution is -1.90. The molecule has 0 amide bonds. The second kappa shape index (κ2) is 6.70. The van der Waals surface area contributed by atoms with Gasteiger partial charge in [-0.2, -0.15) is 0 Å². The molecule has 0 spiro atoms. The zero-order chi connectivity index (χ0) is 14.5. The third-order valence-corrected chi connectivity index (χ3v) is 4.13. The Balaban J connectivity index is 1.68. The van der Waals surface area contributed by atoms with Gasteiger partial charge < -0.3 is 0 Å². The van der Waals surface area contributed by atoms with Gasteiger partial charge in [0.15, 0.2) is 0 Å². The number of rotatable bonds is 4. The Labute approximate surface area is 132 Å². The maximum atomic E-state index is 5.88. The van der Waals surface area contributed by atoms with E-state index in [9.17, 15) is 0 Å². The van der Waals surface area contributed by atoms with Gasteiger partial charge in [0.05, 0.1) is 5.69 Å². The maximum Gasteiger partial charge on any atom is 0.119 e. The summed E-state index contributed by atoms with van der Waals surface area (Å²) >= 11 is 7.52. The molecule has 3 aromatic rings. The van der Waals surface area contributed by atoms with Crippen molar-refractivity contribution in [1.82, 2.24) is 15.2 Å². The van der Waals surface area contributed by atoms with E-state index in [0.717, 1.165) is 27.1 Å². The van der Waals surface area contributed by atoms with Crippen molar-refractivity contribution in [3.05, 3.63) is 71.5 Å². The average Bonchev–Trinajstić information content (AvgIpc) is 2.55. The Hall–Kier alpha value is -1.91. The van der Waals surface area contributed by atoms with Crippen LogP contribution in [-0.4, -0.2) is 15.2 Å². The molecule has 2 aromatic heterocycles. The van der Waals surface area contributed by atoms with Crippen LogP contribution >= 0.6 is 23.4 Å². The van der Waals surface area contributed by atoms with Gasteiger partial charge in [0.1, 0.15) is 5.03 Å². The topological polar surface area (TPSA) is 38.7 Å². The summed E-state index contributed by atoms with van der Waals surface area (Å²) < 4.78 is 0. The molecule has 3 nitrogen and oxygen atoms in total. The predicted octanol–water partition coefficient (Wildman–Crippen LogP) is 4.48. The van der Waals surface area contributed by atoms with E-state index >= 15 is 0 Å². The summed E-state index contributed by atoms with van der Waals surface area (Å²) in [5.41, 5.74) is 3.03. The third kappa shape index (κ3) is 3.80. The normalized spacial score (nSPS) is 10.5. The number of hydrogen-bond acceptors (Lipinski definition) is 4. The summed E-state index contributed by atoms with van der Waals surface area (Å²) in [5, 5.41) is 10.1. The SMILES string of the molecule is Clc1ccc(-c2ccc(SCc3cccnc3)nn2)cc1. The molecular weight excluding hydrogens is 302 g/mol. The van der Waals surface area contributed by atoms with Gasteiger partial charge in [-0.25, -0.2) is 0 Å². The minimum Gasteiger partial charge on any atom is -0.264 e. The van der Waals surface area contributed by atoms with Gasteiger partial charge in [-0.3, -0.25) is 4.98 Å². The standard InChI is InChI=1S/C16H12ClN3S/c17-14-5-3-13(4-6-14)15-7-8-16(20-19-15)21-11-12-2-1-9-18-10-12/h1-10H,11H2. The largest absolute Gasteiger partial charge is 0.264 e.